The van der Waals surface area contributed by atoms with E-state index in [-0.39, 0.29) is 16.9 Å². The van der Waals surface area contributed by atoms with Crippen LogP contribution in [0.1, 0.15) is 10.4 Å². The first-order valence-electron chi connectivity index (χ1n) is 8.15. The fraction of sp³-hybridized carbons (Fsp3) is 0.105. The molecule has 1 N–H and O–H groups in total. The van der Waals surface area contributed by atoms with Crippen LogP contribution in [0.4, 0.5) is 14.5 Å². The molecule has 2 aromatic heterocycles. The SMILES string of the molecule is COc1ccc(-n2cc(C(=O)Nc3ccc(OC(F)(F)Cl)cc3)ccc2=O)cn1. The average Bonchev–Trinajstić information content (AvgIpc) is 2.69. The molecule has 0 spiro atoms. The van der Waals surface area contributed by atoms with Crippen LogP contribution in [0, 0.1) is 0 Å². The van der Waals surface area contributed by atoms with E-state index in [0.717, 1.165) is 0 Å². The number of hydrogen-bond acceptors (Lipinski definition) is 5. The maximum atomic E-state index is 12.6. The Balaban J connectivity index is 1.78. The van der Waals surface area contributed by atoms with E-state index in [2.05, 4.69) is 15.0 Å². The van der Waals surface area contributed by atoms with Gasteiger partial charge in [-0.3, -0.25) is 14.2 Å². The number of aromatic nitrogens is 2. The monoisotopic (exact) mass is 421 g/mol. The second-order valence-electron chi connectivity index (χ2n) is 5.71. The molecular formula is C19H14ClF2N3O4. The van der Waals surface area contributed by atoms with E-state index in [0.29, 0.717) is 17.3 Å². The molecule has 0 unspecified atom stereocenters. The molecule has 0 aliphatic rings. The van der Waals surface area contributed by atoms with Gasteiger partial charge in [0.05, 0.1) is 24.6 Å². The van der Waals surface area contributed by atoms with E-state index in [1.165, 1.54) is 60.5 Å². The number of anilines is 1. The van der Waals surface area contributed by atoms with E-state index < -0.39 is 11.5 Å². The van der Waals surface area contributed by atoms with Crippen molar-refractivity contribution in [1.29, 1.82) is 0 Å². The van der Waals surface area contributed by atoms with Crippen molar-refractivity contribution in [2.24, 2.45) is 0 Å². The number of carbonyl (C=O) groups is 1. The minimum atomic E-state index is -3.82. The Kier molecular flexibility index (Phi) is 5.79. The van der Waals surface area contributed by atoms with Crippen molar-refractivity contribution in [3.8, 4) is 17.3 Å². The molecule has 0 atom stereocenters. The fourth-order valence-corrected chi connectivity index (χ4v) is 2.49. The molecule has 0 fully saturated rings. The van der Waals surface area contributed by atoms with Crippen LogP contribution in [0.2, 0.25) is 0 Å². The Hall–Kier alpha value is -3.46. The highest BCUT2D eigenvalue weighted by Crippen LogP contribution is 2.26. The smallest absolute Gasteiger partial charge is 0.481 e. The van der Waals surface area contributed by atoms with Crippen LogP contribution in [0.5, 0.6) is 11.6 Å². The number of methoxy groups -OCH3 is 1. The van der Waals surface area contributed by atoms with E-state index in [1.54, 1.807) is 12.1 Å². The van der Waals surface area contributed by atoms with Gasteiger partial charge in [-0.05, 0) is 36.4 Å². The summed E-state index contributed by atoms with van der Waals surface area (Å²) in [5.74, 6) is -0.282. The largest absolute Gasteiger partial charge is 0.487 e. The number of hydrogen-bond donors (Lipinski definition) is 1. The number of rotatable bonds is 6. The van der Waals surface area contributed by atoms with Crippen molar-refractivity contribution in [1.82, 2.24) is 9.55 Å². The Morgan fingerprint density at radius 3 is 2.45 bits per heavy atom. The Morgan fingerprint density at radius 2 is 1.86 bits per heavy atom. The molecule has 0 aliphatic carbocycles. The molecule has 0 bridgehead atoms. The minimum absolute atomic E-state index is 0.163. The molecule has 1 amide bonds. The van der Waals surface area contributed by atoms with Crippen LogP contribution < -0.4 is 20.3 Å². The average molecular weight is 422 g/mol. The normalized spacial score (nSPS) is 11.0. The topological polar surface area (TPSA) is 82.5 Å². The number of pyridine rings is 2. The van der Waals surface area contributed by atoms with Gasteiger partial charge in [-0.1, -0.05) is 0 Å². The van der Waals surface area contributed by atoms with Gasteiger partial charge in [0.25, 0.3) is 11.5 Å². The molecule has 0 aliphatic heterocycles. The lowest BCUT2D eigenvalue weighted by Gasteiger charge is -2.12. The van der Waals surface area contributed by atoms with Crippen LogP contribution in [0.25, 0.3) is 5.69 Å². The van der Waals surface area contributed by atoms with Gasteiger partial charge in [0.15, 0.2) is 0 Å². The van der Waals surface area contributed by atoms with E-state index >= 15 is 0 Å². The molecule has 10 heteroatoms. The summed E-state index contributed by atoms with van der Waals surface area (Å²) in [6.45, 7) is 0. The van der Waals surface area contributed by atoms with Gasteiger partial charge in [0, 0.05) is 35.6 Å². The van der Waals surface area contributed by atoms with Crippen LogP contribution in [0.3, 0.4) is 0 Å². The highest BCUT2D eigenvalue weighted by molar-refractivity contribution is 6.20. The number of carbonyl (C=O) groups excluding carboxylic acids is 1. The highest BCUT2D eigenvalue weighted by atomic mass is 35.5. The predicted molar refractivity (Wildman–Crippen MR) is 102 cm³/mol. The summed E-state index contributed by atoms with van der Waals surface area (Å²) in [7, 11) is 1.47. The summed E-state index contributed by atoms with van der Waals surface area (Å²) in [6.07, 6.45) is 2.81. The lowest BCUT2D eigenvalue weighted by atomic mass is 10.2. The third-order valence-corrected chi connectivity index (χ3v) is 3.80. The number of halogens is 3. The number of alkyl halides is 3. The molecular weight excluding hydrogens is 408 g/mol. The van der Waals surface area contributed by atoms with Crippen molar-refractivity contribution in [3.05, 3.63) is 76.8 Å². The van der Waals surface area contributed by atoms with Crippen LogP contribution >= 0.6 is 11.6 Å². The number of nitrogens with one attached hydrogen (secondary N) is 1. The summed E-state index contributed by atoms with van der Waals surface area (Å²) in [5, 5.41) is 2.60. The second-order valence-corrected chi connectivity index (χ2v) is 6.15. The molecule has 1 aromatic carbocycles. The molecule has 7 nitrogen and oxygen atoms in total. The highest BCUT2D eigenvalue weighted by Gasteiger charge is 2.27. The van der Waals surface area contributed by atoms with Gasteiger partial charge >= 0.3 is 5.57 Å². The fourth-order valence-electron chi connectivity index (χ4n) is 2.40. The van der Waals surface area contributed by atoms with Crippen molar-refractivity contribution in [3.63, 3.8) is 0 Å². The van der Waals surface area contributed by atoms with Gasteiger partial charge in [-0.25, -0.2) is 4.98 Å². The third-order valence-electron chi connectivity index (χ3n) is 3.73. The van der Waals surface area contributed by atoms with Crippen LogP contribution in [0.15, 0.2) is 65.7 Å². The second kappa shape index (κ2) is 8.27. The Labute approximate surface area is 168 Å². The molecule has 2 heterocycles. The zero-order valence-electron chi connectivity index (χ0n) is 14.9. The molecule has 29 heavy (non-hydrogen) atoms. The van der Waals surface area contributed by atoms with Gasteiger partial charge in [-0.2, -0.15) is 0 Å². The lowest BCUT2D eigenvalue weighted by molar-refractivity contribution is -0.0964. The first kappa shape index (κ1) is 20.3. The summed E-state index contributed by atoms with van der Waals surface area (Å²) in [4.78, 5) is 28.7. The van der Waals surface area contributed by atoms with Gasteiger partial charge in [-0.15, -0.1) is 8.78 Å². The van der Waals surface area contributed by atoms with Gasteiger partial charge in [0.2, 0.25) is 5.88 Å². The number of nitrogens with zero attached hydrogens (tertiary/aromatic N) is 2. The minimum Gasteiger partial charge on any atom is -0.481 e. The van der Waals surface area contributed by atoms with E-state index in [1.807, 2.05) is 0 Å². The Bertz CT molecular complexity index is 1060. The van der Waals surface area contributed by atoms with Gasteiger partial charge in [0.1, 0.15) is 5.75 Å². The zero-order chi connectivity index (χ0) is 21.0. The summed E-state index contributed by atoms with van der Waals surface area (Å²) < 4.78 is 35.7. The van der Waals surface area contributed by atoms with Crippen LogP contribution in [-0.2, 0) is 0 Å². The molecule has 0 saturated carbocycles. The third kappa shape index (κ3) is 5.29. The molecule has 3 aromatic rings. The van der Waals surface area contributed by atoms with E-state index in [9.17, 15) is 18.4 Å². The summed E-state index contributed by atoms with van der Waals surface area (Å²) >= 11 is 4.70. The summed E-state index contributed by atoms with van der Waals surface area (Å²) in [6, 6.07) is 11.0. The number of amides is 1. The molecule has 0 saturated heterocycles. The summed E-state index contributed by atoms with van der Waals surface area (Å²) in [5.41, 5.74) is -3.18. The first-order valence-corrected chi connectivity index (χ1v) is 8.53. The predicted octanol–water partition coefficient (Wildman–Crippen LogP) is 3.66. The molecule has 0 radical (unpaired) electrons. The van der Waals surface area contributed by atoms with Crippen LogP contribution in [-0.4, -0.2) is 28.1 Å². The molecule has 150 valence electrons. The number of ether oxygens (including phenoxy) is 2. The van der Waals surface area contributed by atoms with E-state index in [4.69, 9.17) is 16.3 Å². The zero-order valence-corrected chi connectivity index (χ0v) is 15.7. The maximum absolute atomic E-state index is 12.6. The quantitative estimate of drug-likeness (QED) is 0.614. The van der Waals surface area contributed by atoms with Crippen molar-refractivity contribution >= 4 is 23.2 Å². The molecule has 3 rings (SSSR count). The Morgan fingerprint density at radius 1 is 1.14 bits per heavy atom. The first-order chi connectivity index (χ1) is 13.7. The maximum Gasteiger partial charge on any atom is 0.487 e. The van der Waals surface area contributed by atoms with Crippen molar-refractivity contribution in [2.45, 2.75) is 5.57 Å². The lowest BCUT2D eigenvalue weighted by Crippen LogP contribution is -2.21. The number of benzene rings is 1. The van der Waals surface area contributed by atoms with Gasteiger partial charge < -0.3 is 14.8 Å². The standard InChI is InChI=1S/C19H14ClF2N3O4/c1-28-16-8-5-14(10-23-16)25-11-12(2-9-17(25)26)18(27)24-13-3-6-15(7-4-13)29-19(20,21)22/h2-11H,1H3,(H,24,27). The van der Waals surface area contributed by atoms with Crippen molar-refractivity contribution < 1.29 is 23.0 Å². The van der Waals surface area contributed by atoms with Crippen molar-refractivity contribution in [2.75, 3.05) is 12.4 Å².